The third-order valence-corrected chi connectivity index (χ3v) is 5.93. The minimum atomic E-state index is -3.69. The second kappa shape index (κ2) is 7.38. The summed E-state index contributed by atoms with van der Waals surface area (Å²) >= 11 is 0. The van der Waals surface area contributed by atoms with Crippen molar-refractivity contribution in [2.24, 2.45) is 0 Å². The van der Waals surface area contributed by atoms with Crippen LogP contribution in [0.3, 0.4) is 0 Å². The largest absolute Gasteiger partial charge is 0.480 e. The highest BCUT2D eigenvalue weighted by Gasteiger charge is 2.34. The standard InChI is InChI=1S/C17H19N3O5S/c1-12(21)13-4-3-5-15(8-13)26(22,23)20-7-6-14(11-20)25-17-10-18-9-16(19-17)24-2/h3-5,8-10,14H,6-7,11H2,1-2H3. The molecule has 0 N–H and O–H groups in total. The third-order valence-electron chi connectivity index (χ3n) is 4.07. The first-order chi connectivity index (χ1) is 12.4. The molecule has 3 rings (SSSR count). The number of Topliss-reactive ketones (excluding diaryl/α,β-unsaturated/α-hetero) is 1. The highest BCUT2D eigenvalue weighted by molar-refractivity contribution is 7.89. The van der Waals surface area contributed by atoms with E-state index in [1.165, 1.54) is 42.9 Å². The molecule has 2 heterocycles. The maximum absolute atomic E-state index is 12.8. The van der Waals surface area contributed by atoms with Crippen molar-refractivity contribution in [3.8, 4) is 11.8 Å². The SMILES string of the molecule is COc1cncc(OC2CCN(S(=O)(=O)c3cccc(C(C)=O)c3)C2)n1. The lowest BCUT2D eigenvalue weighted by atomic mass is 10.2. The fraction of sp³-hybridized carbons (Fsp3) is 0.353. The van der Waals surface area contributed by atoms with Crippen LogP contribution in [0.2, 0.25) is 0 Å². The van der Waals surface area contributed by atoms with Crippen LogP contribution in [0.4, 0.5) is 0 Å². The molecule has 9 heteroatoms. The number of ketones is 1. The van der Waals surface area contributed by atoms with E-state index >= 15 is 0 Å². The van der Waals surface area contributed by atoms with Crippen molar-refractivity contribution in [2.75, 3.05) is 20.2 Å². The van der Waals surface area contributed by atoms with E-state index in [0.29, 0.717) is 24.4 Å². The van der Waals surface area contributed by atoms with Crippen molar-refractivity contribution >= 4 is 15.8 Å². The molecular weight excluding hydrogens is 358 g/mol. The summed E-state index contributed by atoms with van der Waals surface area (Å²) in [6, 6.07) is 6.06. The Morgan fingerprint density at radius 3 is 2.77 bits per heavy atom. The molecule has 1 aliphatic heterocycles. The van der Waals surface area contributed by atoms with Crippen LogP contribution in [0.1, 0.15) is 23.7 Å². The van der Waals surface area contributed by atoms with Crippen LogP contribution in [-0.4, -0.2) is 54.8 Å². The number of hydrogen-bond donors (Lipinski definition) is 0. The smallest absolute Gasteiger partial charge is 0.243 e. The van der Waals surface area contributed by atoms with Crippen LogP contribution in [0, 0.1) is 0 Å². The van der Waals surface area contributed by atoms with E-state index in [9.17, 15) is 13.2 Å². The van der Waals surface area contributed by atoms with Gasteiger partial charge in [-0.15, -0.1) is 0 Å². The summed E-state index contributed by atoms with van der Waals surface area (Å²) < 4.78 is 37.7. The topological polar surface area (TPSA) is 98.7 Å². The fourth-order valence-corrected chi connectivity index (χ4v) is 4.23. The maximum atomic E-state index is 12.8. The minimum absolute atomic E-state index is 0.104. The Hall–Kier alpha value is -2.52. The van der Waals surface area contributed by atoms with Crippen LogP contribution in [0.5, 0.6) is 11.8 Å². The van der Waals surface area contributed by atoms with Crippen molar-refractivity contribution in [1.29, 1.82) is 0 Å². The highest BCUT2D eigenvalue weighted by atomic mass is 32.2. The maximum Gasteiger partial charge on any atom is 0.243 e. The predicted molar refractivity (Wildman–Crippen MR) is 92.8 cm³/mol. The molecule has 1 atom stereocenters. The van der Waals surface area contributed by atoms with E-state index in [2.05, 4.69) is 9.97 Å². The van der Waals surface area contributed by atoms with Crippen molar-refractivity contribution < 1.29 is 22.7 Å². The first-order valence-corrected chi connectivity index (χ1v) is 9.48. The zero-order valence-corrected chi connectivity index (χ0v) is 15.3. The van der Waals surface area contributed by atoms with E-state index in [-0.39, 0.29) is 29.2 Å². The fourth-order valence-electron chi connectivity index (χ4n) is 2.69. The predicted octanol–water partition coefficient (Wildman–Crippen LogP) is 1.53. The molecule has 0 spiro atoms. The molecule has 1 unspecified atom stereocenters. The van der Waals surface area contributed by atoms with Crippen LogP contribution in [0.25, 0.3) is 0 Å². The molecule has 1 aliphatic rings. The number of rotatable bonds is 6. The Kier molecular flexibility index (Phi) is 5.19. The van der Waals surface area contributed by atoms with E-state index in [1.54, 1.807) is 12.1 Å². The van der Waals surface area contributed by atoms with Gasteiger partial charge in [0.05, 0.1) is 30.9 Å². The second-order valence-corrected chi connectivity index (χ2v) is 7.81. The van der Waals surface area contributed by atoms with Gasteiger partial charge in [0.2, 0.25) is 21.8 Å². The van der Waals surface area contributed by atoms with Crippen molar-refractivity contribution in [1.82, 2.24) is 14.3 Å². The lowest BCUT2D eigenvalue weighted by molar-refractivity contribution is 0.101. The van der Waals surface area contributed by atoms with Gasteiger partial charge < -0.3 is 9.47 Å². The monoisotopic (exact) mass is 377 g/mol. The summed E-state index contributed by atoms with van der Waals surface area (Å²) in [5, 5.41) is 0. The molecule has 2 aromatic rings. The number of nitrogens with zero attached hydrogens (tertiary/aromatic N) is 3. The van der Waals surface area contributed by atoms with Crippen molar-refractivity contribution in [3.63, 3.8) is 0 Å². The van der Waals surface area contributed by atoms with Gasteiger partial charge in [0, 0.05) is 12.1 Å². The summed E-state index contributed by atoms with van der Waals surface area (Å²) in [6.45, 7) is 1.93. The Morgan fingerprint density at radius 2 is 2.04 bits per heavy atom. The Morgan fingerprint density at radius 1 is 1.27 bits per heavy atom. The molecule has 0 amide bonds. The van der Waals surface area contributed by atoms with Crippen LogP contribution in [-0.2, 0) is 10.0 Å². The molecule has 0 saturated carbocycles. The minimum Gasteiger partial charge on any atom is -0.480 e. The van der Waals surface area contributed by atoms with Gasteiger partial charge in [-0.05, 0) is 25.5 Å². The molecule has 1 saturated heterocycles. The van der Waals surface area contributed by atoms with E-state index in [0.717, 1.165) is 0 Å². The summed E-state index contributed by atoms with van der Waals surface area (Å²) in [7, 11) is -2.21. The lowest BCUT2D eigenvalue weighted by Crippen LogP contribution is -2.31. The Labute approximate surface area is 151 Å². The van der Waals surface area contributed by atoms with Gasteiger partial charge in [0.1, 0.15) is 6.10 Å². The number of ether oxygens (including phenoxy) is 2. The molecule has 1 fully saturated rings. The molecule has 138 valence electrons. The number of aromatic nitrogens is 2. The van der Waals surface area contributed by atoms with Gasteiger partial charge in [-0.25, -0.2) is 8.42 Å². The highest BCUT2D eigenvalue weighted by Crippen LogP contribution is 2.24. The van der Waals surface area contributed by atoms with E-state index in [4.69, 9.17) is 9.47 Å². The first-order valence-electron chi connectivity index (χ1n) is 8.04. The molecule has 26 heavy (non-hydrogen) atoms. The van der Waals surface area contributed by atoms with Crippen molar-refractivity contribution in [3.05, 3.63) is 42.2 Å². The van der Waals surface area contributed by atoms with Gasteiger partial charge in [-0.3, -0.25) is 9.78 Å². The summed E-state index contributed by atoms with van der Waals surface area (Å²) in [6.07, 6.45) is 3.11. The Balaban J connectivity index is 1.73. The number of benzene rings is 1. The molecular formula is C17H19N3O5S. The molecule has 1 aromatic heterocycles. The third kappa shape index (κ3) is 3.83. The van der Waals surface area contributed by atoms with E-state index < -0.39 is 10.0 Å². The normalized spacial score (nSPS) is 17.8. The van der Waals surface area contributed by atoms with Crippen LogP contribution < -0.4 is 9.47 Å². The van der Waals surface area contributed by atoms with Gasteiger partial charge >= 0.3 is 0 Å². The number of methoxy groups -OCH3 is 1. The number of hydrogen-bond acceptors (Lipinski definition) is 7. The van der Waals surface area contributed by atoms with Gasteiger partial charge in [0.25, 0.3) is 0 Å². The Bertz CT molecular complexity index is 916. The molecule has 0 radical (unpaired) electrons. The summed E-state index contributed by atoms with van der Waals surface area (Å²) in [5.41, 5.74) is 0.365. The van der Waals surface area contributed by atoms with Crippen molar-refractivity contribution in [2.45, 2.75) is 24.3 Å². The zero-order chi connectivity index (χ0) is 18.7. The molecule has 1 aromatic carbocycles. The number of sulfonamides is 1. The van der Waals surface area contributed by atoms with Gasteiger partial charge in [-0.2, -0.15) is 9.29 Å². The van der Waals surface area contributed by atoms with Gasteiger partial charge in [-0.1, -0.05) is 12.1 Å². The average molecular weight is 377 g/mol. The van der Waals surface area contributed by atoms with Gasteiger partial charge in [0.15, 0.2) is 5.78 Å². The summed E-state index contributed by atoms with van der Waals surface area (Å²) in [4.78, 5) is 19.7. The zero-order valence-electron chi connectivity index (χ0n) is 14.5. The average Bonchev–Trinajstić information content (AvgIpc) is 3.11. The number of carbonyl (C=O) groups excluding carboxylic acids is 1. The lowest BCUT2D eigenvalue weighted by Gasteiger charge is -2.17. The first kappa shape index (κ1) is 18.3. The molecule has 8 nitrogen and oxygen atoms in total. The second-order valence-electron chi connectivity index (χ2n) is 5.88. The summed E-state index contributed by atoms with van der Waals surface area (Å²) in [5.74, 6) is 0.430. The van der Waals surface area contributed by atoms with Crippen LogP contribution >= 0.6 is 0 Å². The molecule has 0 bridgehead atoms. The van der Waals surface area contributed by atoms with E-state index in [1.807, 2.05) is 0 Å². The van der Waals surface area contributed by atoms with Crippen LogP contribution in [0.15, 0.2) is 41.6 Å². The number of carbonyl (C=O) groups is 1. The molecule has 0 aliphatic carbocycles. The quantitative estimate of drug-likeness (QED) is 0.704.